The second-order valence-electron chi connectivity index (χ2n) is 9.80. The van der Waals surface area contributed by atoms with Gasteiger partial charge in [0.2, 0.25) is 0 Å². The summed E-state index contributed by atoms with van der Waals surface area (Å²) in [6.07, 6.45) is 26.3. The van der Waals surface area contributed by atoms with Crippen LogP contribution in [0.5, 0.6) is 0 Å². The third kappa shape index (κ3) is 19.3. The molecule has 2 fully saturated rings. The third-order valence-electron chi connectivity index (χ3n) is 5.69. The SMILES string of the molecule is C1CC1OC1CC1.CC(C)=CCCC(C)=CCCC(C)=CCCC=C(C)CCCCO. The molecule has 0 atom stereocenters. The highest BCUT2D eigenvalue weighted by Crippen LogP contribution is 2.33. The van der Waals surface area contributed by atoms with E-state index in [2.05, 4.69) is 58.9 Å². The Bertz CT molecular complexity index is 572. The highest BCUT2D eigenvalue weighted by molar-refractivity contribution is 5.06. The van der Waals surface area contributed by atoms with Gasteiger partial charge in [-0.1, -0.05) is 46.6 Å². The highest BCUT2D eigenvalue weighted by Gasteiger charge is 2.31. The maximum absolute atomic E-state index is 8.79. The summed E-state index contributed by atoms with van der Waals surface area (Å²) in [6, 6.07) is 0. The van der Waals surface area contributed by atoms with Crippen molar-refractivity contribution in [2.45, 2.75) is 130 Å². The van der Waals surface area contributed by atoms with E-state index in [4.69, 9.17) is 9.84 Å². The van der Waals surface area contributed by atoms with Crippen molar-refractivity contribution in [3.63, 3.8) is 0 Å². The Balaban J connectivity index is 0.000000561. The van der Waals surface area contributed by atoms with Gasteiger partial charge in [-0.15, -0.1) is 0 Å². The Morgan fingerprint density at radius 1 is 0.645 bits per heavy atom. The molecule has 2 aliphatic carbocycles. The third-order valence-corrected chi connectivity index (χ3v) is 5.69. The smallest absolute Gasteiger partial charge is 0.0580 e. The summed E-state index contributed by atoms with van der Waals surface area (Å²) in [7, 11) is 0. The molecule has 0 aliphatic heterocycles. The van der Waals surface area contributed by atoms with Crippen LogP contribution in [0, 0.1) is 0 Å². The predicted molar refractivity (Wildman–Crippen MR) is 136 cm³/mol. The summed E-state index contributed by atoms with van der Waals surface area (Å²) in [5, 5.41) is 8.79. The summed E-state index contributed by atoms with van der Waals surface area (Å²) in [5.41, 5.74) is 5.90. The maximum Gasteiger partial charge on any atom is 0.0580 e. The van der Waals surface area contributed by atoms with Crippen LogP contribution in [0.15, 0.2) is 46.6 Å². The van der Waals surface area contributed by atoms with Crippen molar-refractivity contribution in [3.8, 4) is 0 Å². The van der Waals surface area contributed by atoms with Crippen LogP contribution in [-0.4, -0.2) is 23.9 Å². The van der Waals surface area contributed by atoms with Crippen molar-refractivity contribution in [2.75, 3.05) is 6.61 Å². The number of hydrogen-bond donors (Lipinski definition) is 1. The zero-order valence-electron chi connectivity index (χ0n) is 21.2. The van der Waals surface area contributed by atoms with Crippen molar-refractivity contribution in [1.82, 2.24) is 0 Å². The van der Waals surface area contributed by atoms with Crippen LogP contribution in [-0.2, 0) is 4.74 Å². The van der Waals surface area contributed by atoms with Crippen molar-refractivity contribution in [1.29, 1.82) is 0 Å². The number of unbranched alkanes of at least 4 members (excludes halogenated alkanes) is 2. The van der Waals surface area contributed by atoms with Crippen LogP contribution in [0.25, 0.3) is 0 Å². The van der Waals surface area contributed by atoms with E-state index in [0.29, 0.717) is 18.8 Å². The highest BCUT2D eigenvalue weighted by atomic mass is 16.5. The molecule has 0 unspecified atom stereocenters. The summed E-state index contributed by atoms with van der Waals surface area (Å²) < 4.78 is 5.47. The van der Waals surface area contributed by atoms with Gasteiger partial charge in [-0.05, 0) is 118 Å². The second-order valence-corrected chi connectivity index (χ2v) is 9.80. The molecule has 0 amide bonds. The molecule has 2 rings (SSSR count). The van der Waals surface area contributed by atoms with Crippen LogP contribution in [0.2, 0.25) is 0 Å². The van der Waals surface area contributed by atoms with E-state index in [-0.39, 0.29) is 0 Å². The maximum atomic E-state index is 8.79. The first kappa shape index (κ1) is 27.9. The first-order chi connectivity index (χ1) is 14.9. The number of aliphatic hydroxyl groups excluding tert-OH is 1. The van der Waals surface area contributed by atoms with Crippen molar-refractivity contribution >= 4 is 0 Å². The molecular formula is C29H50O2. The molecule has 0 bridgehead atoms. The van der Waals surface area contributed by atoms with Gasteiger partial charge >= 0.3 is 0 Å². The summed E-state index contributed by atoms with van der Waals surface area (Å²) in [4.78, 5) is 0. The molecule has 0 heterocycles. The van der Waals surface area contributed by atoms with E-state index in [1.54, 1.807) is 0 Å². The predicted octanol–water partition coefficient (Wildman–Crippen LogP) is 8.62. The lowest BCUT2D eigenvalue weighted by molar-refractivity contribution is 0.105. The van der Waals surface area contributed by atoms with E-state index in [0.717, 1.165) is 32.1 Å². The summed E-state index contributed by atoms with van der Waals surface area (Å²) >= 11 is 0. The molecule has 2 heteroatoms. The number of allylic oxidation sites excluding steroid dienone is 8. The second kappa shape index (κ2) is 17.4. The summed E-state index contributed by atoms with van der Waals surface area (Å²) in [5.74, 6) is 0. The molecule has 178 valence electrons. The number of rotatable bonds is 15. The number of ether oxygens (including phenoxy) is 1. The summed E-state index contributed by atoms with van der Waals surface area (Å²) in [6.45, 7) is 11.4. The molecule has 2 saturated carbocycles. The van der Waals surface area contributed by atoms with Gasteiger partial charge in [0.15, 0.2) is 0 Å². The molecule has 2 nitrogen and oxygen atoms in total. The Morgan fingerprint density at radius 3 is 1.55 bits per heavy atom. The lowest BCUT2D eigenvalue weighted by atomic mass is 10.0. The average Bonchev–Trinajstić information content (AvgIpc) is 3.64. The molecule has 0 saturated heterocycles. The van der Waals surface area contributed by atoms with Gasteiger partial charge in [-0.2, -0.15) is 0 Å². The first-order valence-electron chi connectivity index (χ1n) is 12.8. The van der Waals surface area contributed by atoms with Crippen LogP contribution in [0.4, 0.5) is 0 Å². The molecule has 1 N–H and O–H groups in total. The van der Waals surface area contributed by atoms with Gasteiger partial charge in [0.05, 0.1) is 12.2 Å². The Hall–Kier alpha value is -1.12. The van der Waals surface area contributed by atoms with Gasteiger partial charge in [0, 0.05) is 6.61 Å². The molecule has 2 aliphatic rings. The largest absolute Gasteiger partial charge is 0.396 e. The van der Waals surface area contributed by atoms with Gasteiger partial charge in [0.25, 0.3) is 0 Å². The minimum Gasteiger partial charge on any atom is -0.396 e. The van der Waals surface area contributed by atoms with E-state index in [9.17, 15) is 0 Å². The zero-order chi connectivity index (χ0) is 22.9. The first-order valence-corrected chi connectivity index (χ1v) is 12.8. The quantitative estimate of drug-likeness (QED) is 0.208. The molecule has 0 aromatic heterocycles. The standard InChI is InChI=1S/C23H40O.C6H10O/c1-20(2)12-10-16-23(5)18-11-17-22(4)14-7-6-13-21(3)15-8-9-19-24;1-2-5(1)7-6-3-4-6/h12-14,18,24H,6-11,15-17,19H2,1-5H3;5-6H,1-4H2. The van der Waals surface area contributed by atoms with Gasteiger partial charge in [-0.3, -0.25) is 0 Å². The fraction of sp³-hybridized carbons (Fsp3) is 0.724. The fourth-order valence-electron chi connectivity index (χ4n) is 3.30. The minimum atomic E-state index is 0.318. The lowest BCUT2D eigenvalue weighted by Crippen LogP contribution is -1.93. The van der Waals surface area contributed by atoms with Crippen LogP contribution < -0.4 is 0 Å². The van der Waals surface area contributed by atoms with E-state index in [1.165, 1.54) is 73.7 Å². The Kier molecular flexibility index (Phi) is 15.7. The van der Waals surface area contributed by atoms with E-state index < -0.39 is 0 Å². The molecule has 0 spiro atoms. The van der Waals surface area contributed by atoms with Crippen LogP contribution in [0.3, 0.4) is 0 Å². The molecule has 0 radical (unpaired) electrons. The Labute approximate surface area is 193 Å². The topological polar surface area (TPSA) is 29.5 Å². The molecule has 0 aromatic rings. The molecular weight excluding hydrogens is 380 g/mol. The van der Waals surface area contributed by atoms with Crippen molar-refractivity contribution < 1.29 is 9.84 Å². The number of aliphatic hydroxyl groups is 1. The van der Waals surface area contributed by atoms with Crippen LogP contribution >= 0.6 is 0 Å². The van der Waals surface area contributed by atoms with Crippen LogP contribution in [0.1, 0.15) is 118 Å². The fourth-order valence-corrected chi connectivity index (χ4v) is 3.30. The number of hydrogen-bond acceptors (Lipinski definition) is 2. The van der Waals surface area contributed by atoms with Crippen molar-refractivity contribution in [2.24, 2.45) is 0 Å². The van der Waals surface area contributed by atoms with E-state index in [1.807, 2.05) is 0 Å². The van der Waals surface area contributed by atoms with Gasteiger partial charge in [-0.25, -0.2) is 0 Å². The van der Waals surface area contributed by atoms with E-state index >= 15 is 0 Å². The monoisotopic (exact) mass is 430 g/mol. The van der Waals surface area contributed by atoms with Crippen molar-refractivity contribution in [3.05, 3.63) is 46.6 Å². The van der Waals surface area contributed by atoms with Gasteiger partial charge < -0.3 is 9.84 Å². The lowest BCUT2D eigenvalue weighted by Gasteiger charge is -2.02. The molecule has 31 heavy (non-hydrogen) atoms. The zero-order valence-corrected chi connectivity index (χ0v) is 21.2. The minimum absolute atomic E-state index is 0.318. The Morgan fingerprint density at radius 2 is 1.10 bits per heavy atom. The van der Waals surface area contributed by atoms with Gasteiger partial charge in [0.1, 0.15) is 0 Å². The normalized spacial score (nSPS) is 17.3. The molecule has 0 aromatic carbocycles. The average molecular weight is 431 g/mol.